The van der Waals surface area contributed by atoms with Crippen LogP contribution in [0.1, 0.15) is 11.1 Å². The third-order valence-corrected chi connectivity index (χ3v) is 5.12. The van der Waals surface area contributed by atoms with E-state index in [0.29, 0.717) is 0 Å². The van der Waals surface area contributed by atoms with Crippen LogP contribution in [-0.2, 0) is 10.3 Å². The molecule has 0 spiro atoms. The lowest BCUT2D eigenvalue weighted by Gasteiger charge is -2.26. The van der Waals surface area contributed by atoms with Gasteiger partial charge >= 0.3 is 0 Å². The van der Waals surface area contributed by atoms with Crippen LogP contribution in [-0.4, -0.2) is 30.9 Å². The Morgan fingerprint density at radius 3 is 2.18 bits per heavy atom. The van der Waals surface area contributed by atoms with Gasteiger partial charge in [-0.15, -0.1) is 0 Å². The van der Waals surface area contributed by atoms with Gasteiger partial charge in [0.15, 0.2) is 11.5 Å². The summed E-state index contributed by atoms with van der Waals surface area (Å²) in [6, 6.07) is 25.2. The van der Waals surface area contributed by atoms with Crippen LogP contribution in [0.5, 0.6) is 5.75 Å². The van der Waals surface area contributed by atoms with E-state index in [1.807, 2.05) is 78.9 Å². The molecule has 5 nitrogen and oxygen atoms in total. The quantitative estimate of drug-likeness (QED) is 0.764. The third-order valence-electron chi connectivity index (χ3n) is 5.12. The molecule has 5 heteroatoms. The van der Waals surface area contributed by atoms with E-state index in [9.17, 15) is 4.79 Å². The number of aliphatic imine (C=N–C) groups is 1. The van der Waals surface area contributed by atoms with Crippen molar-refractivity contribution in [2.24, 2.45) is 10.7 Å². The molecule has 0 saturated heterocycles. The molecule has 0 fully saturated rings. The van der Waals surface area contributed by atoms with Gasteiger partial charge in [-0.3, -0.25) is 9.69 Å². The fraction of sp³-hybridized carbons (Fsp3) is 0.130. The van der Waals surface area contributed by atoms with Gasteiger partial charge in [-0.1, -0.05) is 60.7 Å². The van der Waals surface area contributed by atoms with Crippen LogP contribution in [0, 0.1) is 0 Å². The number of carbonyl (C=O) groups is 1. The SMILES string of the molecule is COc1cccc(-c2cccc([C@@]3(c4ccccc4)N=C(N)N(C)C3=O)c2)c1. The van der Waals surface area contributed by atoms with Crippen molar-refractivity contribution in [1.82, 2.24) is 4.90 Å². The molecule has 0 aromatic heterocycles. The number of hydrogen-bond donors (Lipinski definition) is 1. The average Bonchev–Trinajstić information content (AvgIpc) is 2.99. The maximum atomic E-state index is 13.3. The molecule has 0 aliphatic carbocycles. The van der Waals surface area contributed by atoms with Crippen LogP contribution in [0.15, 0.2) is 83.9 Å². The van der Waals surface area contributed by atoms with Gasteiger partial charge in [-0.2, -0.15) is 0 Å². The summed E-state index contributed by atoms with van der Waals surface area (Å²) in [5.41, 5.74) is 8.40. The smallest absolute Gasteiger partial charge is 0.266 e. The van der Waals surface area contributed by atoms with E-state index in [4.69, 9.17) is 10.5 Å². The summed E-state index contributed by atoms with van der Waals surface area (Å²) in [6.07, 6.45) is 0. The normalized spacial score (nSPS) is 18.9. The van der Waals surface area contributed by atoms with Gasteiger partial charge in [0, 0.05) is 7.05 Å². The highest BCUT2D eigenvalue weighted by Crippen LogP contribution is 2.40. The molecule has 0 bridgehead atoms. The minimum Gasteiger partial charge on any atom is -0.497 e. The van der Waals surface area contributed by atoms with Crippen molar-refractivity contribution in [3.8, 4) is 16.9 Å². The molecule has 1 aliphatic rings. The Balaban J connectivity index is 1.91. The van der Waals surface area contributed by atoms with E-state index < -0.39 is 5.54 Å². The number of ether oxygens (including phenoxy) is 1. The van der Waals surface area contributed by atoms with E-state index in [-0.39, 0.29) is 11.9 Å². The van der Waals surface area contributed by atoms with Gasteiger partial charge < -0.3 is 10.5 Å². The van der Waals surface area contributed by atoms with Crippen molar-refractivity contribution in [3.05, 3.63) is 90.0 Å². The van der Waals surface area contributed by atoms with Crippen LogP contribution in [0.4, 0.5) is 0 Å². The molecule has 3 aromatic rings. The van der Waals surface area contributed by atoms with Crippen molar-refractivity contribution in [3.63, 3.8) is 0 Å². The molecule has 0 unspecified atom stereocenters. The summed E-state index contributed by atoms with van der Waals surface area (Å²) in [4.78, 5) is 19.3. The zero-order valence-electron chi connectivity index (χ0n) is 15.8. The highest BCUT2D eigenvalue weighted by atomic mass is 16.5. The zero-order valence-corrected chi connectivity index (χ0v) is 15.8. The molecule has 3 aromatic carbocycles. The zero-order chi connectivity index (χ0) is 19.7. The van der Waals surface area contributed by atoms with Crippen molar-refractivity contribution >= 4 is 11.9 Å². The number of nitrogens with two attached hydrogens (primary N) is 1. The lowest BCUT2D eigenvalue weighted by atomic mass is 9.82. The van der Waals surface area contributed by atoms with E-state index in [1.54, 1.807) is 14.2 Å². The van der Waals surface area contributed by atoms with Crippen LogP contribution < -0.4 is 10.5 Å². The highest BCUT2D eigenvalue weighted by Gasteiger charge is 2.49. The van der Waals surface area contributed by atoms with Gasteiger partial charge in [-0.25, -0.2) is 4.99 Å². The highest BCUT2D eigenvalue weighted by molar-refractivity contribution is 6.09. The van der Waals surface area contributed by atoms with E-state index >= 15 is 0 Å². The minimum atomic E-state index is -1.19. The Kier molecular flexibility index (Phi) is 4.35. The predicted molar refractivity (Wildman–Crippen MR) is 110 cm³/mol. The predicted octanol–water partition coefficient (Wildman–Crippen LogP) is 3.39. The van der Waals surface area contributed by atoms with Gasteiger partial charge in [0.25, 0.3) is 5.91 Å². The first-order valence-electron chi connectivity index (χ1n) is 9.00. The molecule has 4 rings (SSSR count). The van der Waals surface area contributed by atoms with Crippen LogP contribution >= 0.6 is 0 Å². The van der Waals surface area contributed by atoms with Gasteiger partial charge in [-0.05, 0) is 40.5 Å². The van der Waals surface area contributed by atoms with E-state index in [1.165, 1.54) is 4.90 Å². The second kappa shape index (κ2) is 6.85. The number of amides is 1. The standard InChI is InChI=1S/C23H21N3O2/c1-26-21(27)23(25-22(26)24,18-10-4-3-5-11-18)19-12-6-8-16(14-19)17-9-7-13-20(15-17)28-2/h3-15H,1-2H3,(H2,24,25)/t23-/m1/s1. The van der Waals surface area contributed by atoms with Crippen molar-refractivity contribution in [1.29, 1.82) is 0 Å². The Hall–Kier alpha value is -3.60. The van der Waals surface area contributed by atoms with Crippen LogP contribution in [0.25, 0.3) is 11.1 Å². The van der Waals surface area contributed by atoms with Crippen LogP contribution in [0.2, 0.25) is 0 Å². The second-order valence-corrected chi connectivity index (χ2v) is 6.72. The van der Waals surface area contributed by atoms with E-state index in [2.05, 4.69) is 4.99 Å². The summed E-state index contributed by atoms with van der Waals surface area (Å²) in [5.74, 6) is 0.819. The van der Waals surface area contributed by atoms with Gasteiger partial charge in [0.2, 0.25) is 0 Å². The van der Waals surface area contributed by atoms with Crippen molar-refractivity contribution in [2.45, 2.75) is 5.54 Å². The molecular formula is C23H21N3O2. The number of carbonyl (C=O) groups excluding carboxylic acids is 1. The van der Waals surface area contributed by atoms with Gasteiger partial charge in [0.05, 0.1) is 7.11 Å². The Labute approximate surface area is 164 Å². The fourth-order valence-electron chi connectivity index (χ4n) is 3.59. The largest absolute Gasteiger partial charge is 0.497 e. The number of hydrogen-bond acceptors (Lipinski definition) is 4. The molecule has 1 aliphatic heterocycles. The molecule has 2 N–H and O–H groups in total. The van der Waals surface area contributed by atoms with Gasteiger partial charge in [0.1, 0.15) is 5.75 Å². The number of methoxy groups -OCH3 is 1. The summed E-state index contributed by atoms with van der Waals surface area (Å²) >= 11 is 0. The summed E-state index contributed by atoms with van der Waals surface area (Å²) in [7, 11) is 3.29. The molecule has 0 saturated carbocycles. The first-order chi connectivity index (χ1) is 13.6. The fourth-order valence-corrected chi connectivity index (χ4v) is 3.59. The maximum Gasteiger partial charge on any atom is 0.266 e. The lowest BCUT2D eigenvalue weighted by Crippen LogP contribution is -2.41. The summed E-state index contributed by atoms with van der Waals surface area (Å²) in [5, 5.41) is 0. The number of likely N-dealkylation sites (N-methyl/N-ethyl adjacent to an activating group) is 1. The number of benzene rings is 3. The molecular weight excluding hydrogens is 350 g/mol. The molecule has 140 valence electrons. The average molecular weight is 371 g/mol. The maximum absolute atomic E-state index is 13.3. The molecule has 1 atom stereocenters. The Morgan fingerprint density at radius 2 is 1.54 bits per heavy atom. The molecule has 0 radical (unpaired) electrons. The topological polar surface area (TPSA) is 67.9 Å². The summed E-state index contributed by atoms with van der Waals surface area (Å²) in [6.45, 7) is 0. The Bertz CT molecular complexity index is 1060. The minimum absolute atomic E-state index is 0.168. The third kappa shape index (κ3) is 2.72. The second-order valence-electron chi connectivity index (χ2n) is 6.72. The molecule has 1 heterocycles. The van der Waals surface area contributed by atoms with Crippen molar-refractivity contribution in [2.75, 3.05) is 14.2 Å². The lowest BCUT2D eigenvalue weighted by molar-refractivity contribution is -0.129. The van der Waals surface area contributed by atoms with Crippen molar-refractivity contribution < 1.29 is 9.53 Å². The first kappa shape index (κ1) is 17.8. The first-order valence-corrected chi connectivity index (χ1v) is 9.00. The van der Waals surface area contributed by atoms with Crippen LogP contribution in [0.3, 0.4) is 0 Å². The van der Waals surface area contributed by atoms with E-state index in [0.717, 1.165) is 28.0 Å². The number of nitrogens with zero attached hydrogens (tertiary/aromatic N) is 2. The number of guanidine groups is 1. The molecule has 28 heavy (non-hydrogen) atoms. The monoisotopic (exact) mass is 371 g/mol. The summed E-state index contributed by atoms with van der Waals surface area (Å²) < 4.78 is 5.34. The molecule has 1 amide bonds. The number of rotatable bonds is 4. The Morgan fingerprint density at radius 1 is 0.893 bits per heavy atom.